The molecule has 0 spiro atoms. The van der Waals surface area contributed by atoms with Crippen molar-refractivity contribution in [3.63, 3.8) is 0 Å². The zero-order valence-electron chi connectivity index (χ0n) is 14.9. The van der Waals surface area contributed by atoms with E-state index in [-0.39, 0.29) is 12.0 Å². The van der Waals surface area contributed by atoms with Crippen LogP contribution in [0, 0.1) is 11.3 Å². The second-order valence-corrected chi connectivity index (χ2v) is 8.06. The molecule has 0 fully saturated rings. The van der Waals surface area contributed by atoms with Crippen LogP contribution in [0.25, 0.3) is 0 Å². The summed E-state index contributed by atoms with van der Waals surface area (Å²) in [4.78, 5) is 2.07. The van der Waals surface area contributed by atoms with Gasteiger partial charge in [-0.15, -0.1) is 0 Å². The molecule has 3 rings (SSSR count). The number of nitrogens with zero attached hydrogens (tertiary/aromatic N) is 2. The predicted octanol–water partition coefficient (Wildman–Crippen LogP) is 3.26. The Morgan fingerprint density at radius 2 is 1.92 bits per heavy atom. The zero-order chi connectivity index (χ0) is 18.9. The molecule has 2 atom stereocenters. The summed E-state index contributed by atoms with van der Waals surface area (Å²) in [5.74, 6) is 0.475. The van der Waals surface area contributed by atoms with Crippen molar-refractivity contribution in [3.05, 3.63) is 53.6 Å². The van der Waals surface area contributed by atoms with E-state index in [1.54, 1.807) is 12.1 Å². The largest absolute Gasteiger partial charge is 0.494 e. The van der Waals surface area contributed by atoms with Crippen LogP contribution >= 0.6 is 0 Å². The van der Waals surface area contributed by atoms with Crippen molar-refractivity contribution < 1.29 is 13.2 Å². The minimum Gasteiger partial charge on any atom is -0.494 e. The Morgan fingerprint density at radius 1 is 1.23 bits per heavy atom. The second kappa shape index (κ2) is 6.89. The van der Waals surface area contributed by atoms with Gasteiger partial charge in [0.1, 0.15) is 5.75 Å². The van der Waals surface area contributed by atoms with Crippen LogP contribution in [0.5, 0.6) is 5.75 Å². The maximum atomic E-state index is 11.4. The third kappa shape index (κ3) is 3.46. The lowest BCUT2D eigenvalue weighted by molar-refractivity contribution is 0.340. The molecular formula is C19H21N3O3S. The number of benzene rings is 2. The van der Waals surface area contributed by atoms with E-state index in [1.807, 2.05) is 44.3 Å². The van der Waals surface area contributed by atoms with Gasteiger partial charge in [0.15, 0.2) is 0 Å². The summed E-state index contributed by atoms with van der Waals surface area (Å²) in [6.07, 6.45) is 1.12. The van der Waals surface area contributed by atoms with Gasteiger partial charge in [-0.05, 0) is 36.2 Å². The summed E-state index contributed by atoms with van der Waals surface area (Å²) in [6, 6.07) is 15.2. The van der Waals surface area contributed by atoms with Gasteiger partial charge in [-0.1, -0.05) is 18.2 Å². The SMILES string of the molecule is CCOc1ccc2c(c1)N(C)C(c1ccc(NS(C)(=O)=O)cc1)C2C#N. The van der Waals surface area contributed by atoms with Gasteiger partial charge in [0.2, 0.25) is 10.0 Å². The molecule has 136 valence electrons. The van der Waals surface area contributed by atoms with Crippen molar-refractivity contribution in [2.75, 3.05) is 29.5 Å². The Labute approximate surface area is 154 Å². The first kappa shape index (κ1) is 18.1. The molecule has 0 bridgehead atoms. The molecule has 0 saturated carbocycles. The Balaban J connectivity index is 1.94. The topological polar surface area (TPSA) is 82.4 Å². The van der Waals surface area contributed by atoms with Crippen LogP contribution in [-0.4, -0.2) is 28.3 Å². The molecule has 2 aromatic rings. The van der Waals surface area contributed by atoms with E-state index >= 15 is 0 Å². The van der Waals surface area contributed by atoms with Crippen molar-refractivity contribution in [3.8, 4) is 11.8 Å². The maximum Gasteiger partial charge on any atom is 0.229 e. The Kier molecular flexibility index (Phi) is 4.79. The third-order valence-corrected chi connectivity index (χ3v) is 5.06. The number of hydrogen-bond acceptors (Lipinski definition) is 5. The molecule has 6 nitrogen and oxygen atoms in total. The number of likely N-dealkylation sites (N-methyl/N-ethyl adjacent to an activating group) is 1. The van der Waals surface area contributed by atoms with Crippen LogP contribution in [0.1, 0.15) is 30.0 Å². The Bertz CT molecular complexity index is 949. The lowest BCUT2D eigenvalue weighted by atomic mass is 9.91. The first-order valence-electron chi connectivity index (χ1n) is 8.31. The summed E-state index contributed by atoms with van der Waals surface area (Å²) >= 11 is 0. The van der Waals surface area contributed by atoms with E-state index in [0.29, 0.717) is 12.3 Å². The van der Waals surface area contributed by atoms with Gasteiger partial charge in [-0.25, -0.2) is 8.42 Å². The fourth-order valence-corrected chi connectivity index (χ4v) is 3.97. The number of rotatable bonds is 5. The van der Waals surface area contributed by atoms with Crippen molar-refractivity contribution in [1.82, 2.24) is 0 Å². The second-order valence-electron chi connectivity index (χ2n) is 6.31. The molecule has 1 aliphatic rings. The lowest BCUT2D eigenvalue weighted by Crippen LogP contribution is -2.22. The van der Waals surface area contributed by atoms with Gasteiger partial charge in [0.05, 0.1) is 30.9 Å². The quantitative estimate of drug-likeness (QED) is 0.872. The van der Waals surface area contributed by atoms with Crippen LogP contribution < -0.4 is 14.4 Å². The van der Waals surface area contributed by atoms with Gasteiger partial charge in [0.25, 0.3) is 0 Å². The van der Waals surface area contributed by atoms with E-state index in [4.69, 9.17) is 4.74 Å². The van der Waals surface area contributed by atoms with Crippen LogP contribution in [-0.2, 0) is 10.0 Å². The molecule has 1 N–H and O–H groups in total. The van der Waals surface area contributed by atoms with E-state index in [1.165, 1.54) is 0 Å². The van der Waals surface area contributed by atoms with Gasteiger partial charge in [0, 0.05) is 24.5 Å². The fraction of sp³-hybridized carbons (Fsp3) is 0.316. The molecule has 0 amide bonds. The van der Waals surface area contributed by atoms with Crippen LogP contribution in [0.4, 0.5) is 11.4 Å². The summed E-state index contributed by atoms with van der Waals surface area (Å²) in [5.41, 5.74) is 3.40. The number of hydrogen-bond donors (Lipinski definition) is 1. The number of fused-ring (bicyclic) bond motifs is 1. The van der Waals surface area contributed by atoms with E-state index < -0.39 is 10.0 Å². The minimum absolute atomic E-state index is 0.140. The van der Waals surface area contributed by atoms with Crippen LogP contribution in [0.15, 0.2) is 42.5 Å². The molecule has 2 unspecified atom stereocenters. The first-order chi connectivity index (χ1) is 12.3. The molecule has 1 aliphatic heterocycles. The molecule has 0 aromatic heterocycles. The highest BCUT2D eigenvalue weighted by molar-refractivity contribution is 7.92. The smallest absolute Gasteiger partial charge is 0.229 e. The fourth-order valence-electron chi connectivity index (χ4n) is 3.41. The van der Waals surface area contributed by atoms with Gasteiger partial charge < -0.3 is 9.64 Å². The zero-order valence-corrected chi connectivity index (χ0v) is 15.7. The number of ether oxygens (including phenoxy) is 1. The van der Waals surface area contributed by atoms with Crippen LogP contribution in [0.3, 0.4) is 0 Å². The van der Waals surface area contributed by atoms with Crippen molar-refractivity contribution in [2.24, 2.45) is 0 Å². The van der Waals surface area contributed by atoms with E-state index in [0.717, 1.165) is 28.8 Å². The average molecular weight is 371 g/mol. The maximum absolute atomic E-state index is 11.4. The number of anilines is 2. The lowest BCUT2D eigenvalue weighted by Gasteiger charge is -2.25. The number of sulfonamides is 1. The molecule has 1 heterocycles. The van der Waals surface area contributed by atoms with Gasteiger partial charge in [-0.3, -0.25) is 4.72 Å². The van der Waals surface area contributed by atoms with Crippen molar-refractivity contribution in [1.29, 1.82) is 5.26 Å². The highest BCUT2D eigenvalue weighted by Gasteiger charge is 2.38. The first-order valence-corrected chi connectivity index (χ1v) is 10.2. The number of nitriles is 1. The summed E-state index contributed by atoms with van der Waals surface area (Å²) in [5, 5.41) is 9.74. The molecule has 0 aliphatic carbocycles. The number of nitrogens with one attached hydrogen (secondary N) is 1. The highest BCUT2D eigenvalue weighted by atomic mass is 32.2. The Hall–Kier alpha value is -2.72. The Morgan fingerprint density at radius 3 is 2.50 bits per heavy atom. The van der Waals surface area contributed by atoms with Gasteiger partial charge in [-0.2, -0.15) is 5.26 Å². The molecule has 26 heavy (non-hydrogen) atoms. The molecular weight excluding hydrogens is 350 g/mol. The van der Waals surface area contributed by atoms with E-state index in [9.17, 15) is 13.7 Å². The van der Waals surface area contributed by atoms with Gasteiger partial charge >= 0.3 is 0 Å². The third-order valence-electron chi connectivity index (χ3n) is 4.46. The predicted molar refractivity (Wildman–Crippen MR) is 102 cm³/mol. The molecule has 0 saturated heterocycles. The average Bonchev–Trinajstić information content (AvgIpc) is 2.86. The standard InChI is InChI=1S/C19H21N3O3S/c1-4-25-15-9-10-16-17(12-20)19(22(2)18(16)11-15)13-5-7-14(8-6-13)21-26(3,23)24/h5-11,17,19,21H,4H2,1-3H3. The highest BCUT2D eigenvalue weighted by Crippen LogP contribution is 2.48. The summed E-state index contributed by atoms with van der Waals surface area (Å²) < 4.78 is 30.7. The molecule has 2 aromatic carbocycles. The normalized spacial score (nSPS) is 18.9. The minimum atomic E-state index is -3.32. The van der Waals surface area contributed by atoms with Crippen molar-refractivity contribution >= 4 is 21.4 Å². The summed E-state index contributed by atoms with van der Waals surface area (Å²) in [7, 11) is -1.36. The van der Waals surface area contributed by atoms with E-state index in [2.05, 4.69) is 15.7 Å². The van der Waals surface area contributed by atoms with Crippen molar-refractivity contribution in [2.45, 2.75) is 18.9 Å². The van der Waals surface area contributed by atoms with Crippen LogP contribution in [0.2, 0.25) is 0 Å². The molecule has 0 radical (unpaired) electrons. The monoisotopic (exact) mass is 371 g/mol. The summed E-state index contributed by atoms with van der Waals surface area (Å²) in [6.45, 7) is 2.52. The molecule has 7 heteroatoms.